The van der Waals surface area contributed by atoms with Gasteiger partial charge in [0.1, 0.15) is 34.7 Å². The Hall–Kier alpha value is -2.55. The number of aliphatic hydroxyl groups excluding tert-OH is 3. The lowest BCUT2D eigenvalue weighted by molar-refractivity contribution is -0.0436. The number of phenolic OH excluding ortho intramolecular Hbond substituents is 2. The summed E-state index contributed by atoms with van der Waals surface area (Å²) in [7, 11) is 0. The first-order chi connectivity index (χ1) is 10.8. The average molecular weight is 322 g/mol. The van der Waals surface area contributed by atoms with Gasteiger partial charge in [0, 0.05) is 24.1 Å². The number of hydrogen-bond acceptors (Lipinski definition) is 8. The van der Waals surface area contributed by atoms with E-state index in [1.807, 2.05) is 0 Å². The summed E-state index contributed by atoms with van der Waals surface area (Å²) in [5.74, 6) is -2.01. The summed E-state index contributed by atoms with van der Waals surface area (Å²) >= 11 is 0. The van der Waals surface area contributed by atoms with Crippen LogP contribution < -0.4 is 5.43 Å². The quantitative estimate of drug-likeness (QED) is 0.421. The molecule has 23 heavy (non-hydrogen) atoms. The Balaban J connectivity index is 2.25. The van der Waals surface area contributed by atoms with Gasteiger partial charge in [0.15, 0.2) is 5.76 Å². The van der Waals surface area contributed by atoms with Gasteiger partial charge in [0.05, 0.1) is 6.10 Å². The van der Waals surface area contributed by atoms with Crippen molar-refractivity contribution in [3.63, 3.8) is 0 Å². The topological polar surface area (TPSA) is 152 Å². The molecule has 3 atom stereocenters. The second-order valence-corrected chi connectivity index (χ2v) is 5.39. The monoisotopic (exact) mass is 322 g/mol. The molecule has 1 aliphatic carbocycles. The van der Waals surface area contributed by atoms with Crippen LogP contribution in [-0.2, 0) is 0 Å². The van der Waals surface area contributed by atoms with Gasteiger partial charge in [-0.15, -0.1) is 0 Å². The van der Waals surface area contributed by atoms with Crippen LogP contribution in [0.2, 0.25) is 0 Å². The standard InChI is InChI=1S/C15H14O8/c16-6-3-7(17)11-10(4-6)23-15(14(22)13(11)21)5-1-8(18)12(20)9(19)2-5/h1,3-4,8-9,12,16-20,22H,2H2. The third-order valence-electron chi connectivity index (χ3n) is 3.77. The first kappa shape index (κ1) is 15.3. The van der Waals surface area contributed by atoms with E-state index >= 15 is 0 Å². The second kappa shape index (κ2) is 5.27. The van der Waals surface area contributed by atoms with E-state index < -0.39 is 35.2 Å². The molecule has 1 heterocycles. The predicted molar refractivity (Wildman–Crippen MR) is 78.1 cm³/mol. The smallest absolute Gasteiger partial charge is 0.238 e. The van der Waals surface area contributed by atoms with E-state index in [-0.39, 0.29) is 34.5 Å². The van der Waals surface area contributed by atoms with Crippen LogP contribution in [0.3, 0.4) is 0 Å². The fourth-order valence-electron chi connectivity index (χ4n) is 2.61. The Morgan fingerprint density at radius 2 is 1.78 bits per heavy atom. The van der Waals surface area contributed by atoms with Gasteiger partial charge < -0.3 is 35.1 Å². The highest BCUT2D eigenvalue weighted by atomic mass is 16.4. The van der Waals surface area contributed by atoms with Crippen molar-refractivity contribution in [2.75, 3.05) is 0 Å². The van der Waals surface area contributed by atoms with Crippen LogP contribution in [0.1, 0.15) is 12.2 Å². The molecule has 6 N–H and O–H groups in total. The van der Waals surface area contributed by atoms with Gasteiger partial charge in [-0.3, -0.25) is 4.79 Å². The first-order valence-electron chi connectivity index (χ1n) is 6.76. The van der Waals surface area contributed by atoms with Gasteiger partial charge in [-0.2, -0.15) is 0 Å². The molecule has 3 rings (SSSR count). The number of rotatable bonds is 1. The highest BCUT2D eigenvalue weighted by Gasteiger charge is 2.32. The molecule has 0 radical (unpaired) electrons. The van der Waals surface area contributed by atoms with Crippen LogP contribution in [0.4, 0.5) is 0 Å². The Morgan fingerprint density at radius 1 is 1.09 bits per heavy atom. The van der Waals surface area contributed by atoms with Gasteiger partial charge >= 0.3 is 0 Å². The number of aromatic hydroxyl groups is 3. The van der Waals surface area contributed by atoms with Crippen molar-refractivity contribution >= 4 is 16.5 Å². The summed E-state index contributed by atoms with van der Waals surface area (Å²) in [6.07, 6.45) is -3.09. The van der Waals surface area contributed by atoms with Crippen LogP contribution in [0, 0.1) is 0 Å². The van der Waals surface area contributed by atoms with Crippen molar-refractivity contribution < 1.29 is 35.1 Å². The molecule has 8 nitrogen and oxygen atoms in total. The van der Waals surface area contributed by atoms with Crippen molar-refractivity contribution in [3.05, 3.63) is 34.2 Å². The zero-order valence-electron chi connectivity index (χ0n) is 11.7. The van der Waals surface area contributed by atoms with Crippen molar-refractivity contribution in [2.24, 2.45) is 0 Å². The summed E-state index contributed by atoms with van der Waals surface area (Å²) in [6.45, 7) is 0. The predicted octanol–water partition coefficient (Wildman–Crippen LogP) is -0.220. The molecule has 0 amide bonds. The molecule has 0 aliphatic heterocycles. The van der Waals surface area contributed by atoms with Crippen molar-refractivity contribution in [2.45, 2.75) is 24.7 Å². The highest BCUT2D eigenvalue weighted by molar-refractivity contribution is 5.87. The molecule has 1 aliphatic rings. The zero-order valence-corrected chi connectivity index (χ0v) is 11.7. The molecule has 0 saturated carbocycles. The maximum absolute atomic E-state index is 12.2. The molecular formula is C15H14O8. The summed E-state index contributed by atoms with van der Waals surface area (Å²) in [6, 6.07) is 2.02. The van der Waals surface area contributed by atoms with Gasteiger partial charge in [-0.25, -0.2) is 0 Å². The van der Waals surface area contributed by atoms with E-state index in [0.29, 0.717) is 0 Å². The fraction of sp³-hybridized carbons (Fsp3) is 0.267. The minimum absolute atomic E-state index is 0.120. The molecule has 0 fully saturated rings. The maximum atomic E-state index is 12.2. The van der Waals surface area contributed by atoms with Crippen LogP contribution in [-0.4, -0.2) is 49.0 Å². The summed E-state index contributed by atoms with van der Waals surface area (Å²) in [5, 5.41) is 57.8. The van der Waals surface area contributed by atoms with Crippen LogP contribution >= 0.6 is 0 Å². The van der Waals surface area contributed by atoms with Gasteiger partial charge in [-0.1, -0.05) is 0 Å². The molecule has 3 unspecified atom stereocenters. The lowest BCUT2D eigenvalue weighted by Gasteiger charge is -2.27. The van der Waals surface area contributed by atoms with E-state index in [1.165, 1.54) is 0 Å². The zero-order chi connectivity index (χ0) is 16.9. The number of hydrogen-bond donors (Lipinski definition) is 6. The molecular weight excluding hydrogens is 308 g/mol. The second-order valence-electron chi connectivity index (χ2n) is 5.39. The van der Waals surface area contributed by atoms with E-state index in [4.69, 9.17) is 4.42 Å². The number of aliphatic hydroxyl groups is 3. The third kappa shape index (κ3) is 2.42. The number of benzene rings is 1. The molecule has 1 aromatic heterocycles. The molecule has 122 valence electrons. The lowest BCUT2D eigenvalue weighted by Crippen LogP contribution is -2.39. The largest absolute Gasteiger partial charge is 0.508 e. The SMILES string of the molecule is O=c1c(O)c(C2=CC(O)C(O)C(O)C2)oc2cc(O)cc(O)c12. The van der Waals surface area contributed by atoms with Gasteiger partial charge in [0.2, 0.25) is 11.2 Å². The third-order valence-corrected chi connectivity index (χ3v) is 3.77. The minimum atomic E-state index is -1.40. The maximum Gasteiger partial charge on any atom is 0.238 e. The molecule has 0 bridgehead atoms. The number of phenols is 2. The summed E-state index contributed by atoms with van der Waals surface area (Å²) in [5.41, 5.74) is -0.972. The Morgan fingerprint density at radius 3 is 2.43 bits per heavy atom. The molecule has 8 heteroatoms. The molecule has 2 aromatic rings. The Kier molecular flexibility index (Phi) is 3.52. The van der Waals surface area contributed by atoms with E-state index in [9.17, 15) is 35.4 Å². The van der Waals surface area contributed by atoms with E-state index in [2.05, 4.69) is 0 Å². The minimum Gasteiger partial charge on any atom is -0.508 e. The van der Waals surface area contributed by atoms with Gasteiger partial charge in [-0.05, 0) is 6.08 Å². The normalized spacial score (nSPS) is 24.7. The van der Waals surface area contributed by atoms with Crippen molar-refractivity contribution in [1.82, 2.24) is 0 Å². The first-order valence-corrected chi connectivity index (χ1v) is 6.76. The lowest BCUT2D eigenvalue weighted by atomic mass is 9.90. The van der Waals surface area contributed by atoms with Gasteiger partial charge in [0.25, 0.3) is 0 Å². The molecule has 1 aromatic carbocycles. The van der Waals surface area contributed by atoms with Crippen molar-refractivity contribution in [1.29, 1.82) is 0 Å². The van der Waals surface area contributed by atoms with Crippen LogP contribution in [0.15, 0.2) is 27.4 Å². The van der Waals surface area contributed by atoms with Crippen LogP contribution in [0.25, 0.3) is 16.5 Å². The van der Waals surface area contributed by atoms with E-state index in [0.717, 1.165) is 18.2 Å². The van der Waals surface area contributed by atoms with E-state index in [1.54, 1.807) is 0 Å². The molecule has 0 spiro atoms. The number of fused-ring (bicyclic) bond motifs is 1. The summed E-state index contributed by atoms with van der Waals surface area (Å²) in [4.78, 5) is 12.2. The average Bonchev–Trinajstić information content (AvgIpc) is 2.47. The summed E-state index contributed by atoms with van der Waals surface area (Å²) < 4.78 is 5.36. The van der Waals surface area contributed by atoms with Crippen LogP contribution in [0.5, 0.6) is 17.2 Å². The Bertz CT molecular complexity index is 866. The highest BCUT2D eigenvalue weighted by Crippen LogP contribution is 2.36. The van der Waals surface area contributed by atoms with Crippen molar-refractivity contribution in [3.8, 4) is 17.2 Å². The fourth-order valence-corrected chi connectivity index (χ4v) is 2.61. The molecule has 0 saturated heterocycles. The Labute approximate surface area is 128 Å².